The maximum atomic E-state index is 5.42. The van der Waals surface area contributed by atoms with Crippen molar-refractivity contribution in [2.24, 2.45) is 5.92 Å². The molecule has 130 valence electrons. The third kappa shape index (κ3) is 4.36. The Kier molecular flexibility index (Phi) is 5.88. The molecule has 0 amide bonds. The van der Waals surface area contributed by atoms with Gasteiger partial charge in [-0.05, 0) is 43.0 Å². The lowest BCUT2D eigenvalue weighted by Gasteiger charge is -2.33. The van der Waals surface area contributed by atoms with Crippen LogP contribution in [0.4, 0.5) is 0 Å². The molecule has 0 aliphatic carbocycles. The first kappa shape index (κ1) is 17.0. The number of piperidine rings is 1. The van der Waals surface area contributed by atoms with Crippen LogP contribution in [0.5, 0.6) is 5.75 Å². The molecule has 0 N–H and O–H groups in total. The van der Waals surface area contributed by atoms with Crippen LogP contribution in [-0.2, 0) is 24.4 Å². The summed E-state index contributed by atoms with van der Waals surface area (Å²) in [5.74, 6) is 1.60. The van der Waals surface area contributed by atoms with Crippen molar-refractivity contribution in [2.75, 3.05) is 27.3 Å². The highest BCUT2D eigenvalue weighted by Crippen LogP contribution is 2.24. The van der Waals surface area contributed by atoms with E-state index in [2.05, 4.69) is 38.8 Å². The van der Waals surface area contributed by atoms with Gasteiger partial charge in [-0.15, -0.1) is 0 Å². The molecular weight excluding hydrogens is 302 g/mol. The molecule has 2 aromatic rings. The Morgan fingerprint density at radius 1 is 1.29 bits per heavy atom. The van der Waals surface area contributed by atoms with Crippen molar-refractivity contribution in [3.8, 4) is 5.75 Å². The second kappa shape index (κ2) is 8.31. The molecule has 5 nitrogen and oxygen atoms in total. The van der Waals surface area contributed by atoms with Crippen LogP contribution < -0.4 is 4.74 Å². The van der Waals surface area contributed by atoms with Gasteiger partial charge in [-0.25, -0.2) is 4.98 Å². The molecule has 1 saturated heterocycles. The SMILES string of the molecule is COCc1cc(CN2CCC[C@H](Cn3ccnc3)C2)ccc1OC. The summed E-state index contributed by atoms with van der Waals surface area (Å²) in [6.45, 7) is 4.95. The second-order valence-electron chi connectivity index (χ2n) is 6.58. The Morgan fingerprint density at radius 2 is 2.21 bits per heavy atom. The van der Waals surface area contributed by atoms with Crippen molar-refractivity contribution in [2.45, 2.75) is 32.5 Å². The number of ether oxygens (including phenoxy) is 2. The first-order chi connectivity index (χ1) is 11.8. The number of hydrogen-bond acceptors (Lipinski definition) is 4. The highest BCUT2D eigenvalue weighted by molar-refractivity contribution is 5.37. The first-order valence-corrected chi connectivity index (χ1v) is 8.61. The molecule has 24 heavy (non-hydrogen) atoms. The number of methoxy groups -OCH3 is 2. The predicted molar refractivity (Wildman–Crippen MR) is 93.9 cm³/mol. The van der Waals surface area contributed by atoms with E-state index in [1.165, 1.54) is 24.9 Å². The first-order valence-electron chi connectivity index (χ1n) is 8.61. The third-order valence-electron chi connectivity index (χ3n) is 4.68. The van der Waals surface area contributed by atoms with Gasteiger partial charge in [0.15, 0.2) is 0 Å². The van der Waals surface area contributed by atoms with E-state index >= 15 is 0 Å². The monoisotopic (exact) mass is 329 g/mol. The summed E-state index contributed by atoms with van der Waals surface area (Å²) in [4.78, 5) is 6.70. The van der Waals surface area contributed by atoms with Gasteiger partial charge in [0.25, 0.3) is 0 Å². The second-order valence-corrected chi connectivity index (χ2v) is 6.58. The quantitative estimate of drug-likeness (QED) is 0.783. The zero-order valence-corrected chi connectivity index (χ0v) is 14.6. The minimum Gasteiger partial charge on any atom is -0.496 e. The maximum Gasteiger partial charge on any atom is 0.124 e. The fourth-order valence-corrected chi connectivity index (χ4v) is 3.59. The zero-order chi connectivity index (χ0) is 16.8. The summed E-state index contributed by atoms with van der Waals surface area (Å²) < 4.78 is 12.9. The molecular formula is C19H27N3O2. The summed E-state index contributed by atoms with van der Waals surface area (Å²) in [6.07, 6.45) is 8.39. The third-order valence-corrected chi connectivity index (χ3v) is 4.68. The minimum atomic E-state index is 0.584. The van der Waals surface area contributed by atoms with E-state index in [1.807, 2.05) is 12.5 Å². The number of rotatable bonds is 7. The Labute approximate surface area is 144 Å². The average molecular weight is 329 g/mol. The van der Waals surface area contributed by atoms with Gasteiger partial charge in [0.1, 0.15) is 5.75 Å². The maximum absolute atomic E-state index is 5.42. The molecule has 3 rings (SSSR count). The summed E-state index contributed by atoms with van der Waals surface area (Å²) >= 11 is 0. The van der Waals surface area contributed by atoms with Gasteiger partial charge in [-0.1, -0.05) is 6.07 Å². The molecule has 0 bridgehead atoms. The lowest BCUT2D eigenvalue weighted by Crippen LogP contribution is -2.36. The summed E-state index contributed by atoms with van der Waals surface area (Å²) in [6, 6.07) is 6.43. The Bertz CT molecular complexity index is 628. The van der Waals surface area contributed by atoms with E-state index in [9.17, 15) is 0 Å². The van der Waals surface area contributed by atoms with Gasteiger partial charge < -0.3 is 14.0 Å². The fourth-order valence-electron chi connectivity index (χ4n) is 3.59. The number of likely N-dealkylation sites (tertiary alicyclic amines) is 1. The highest BCUT2D eigenvalue weighted by atomic mass is 16.5. The van der Waals surface area contributed by atoms with Gasteiger partial charge in [0.2, 0.25) is 0 Å². The molecule has 0 radical (unpaired) electrons. The molecule has 1 aromatic heterocycles. The van der Waals surface area contributed by atoms with E-state index in [1.54, 1.807) is 14.2 Å². The molecule has 1 aliphatic rings. The van der Waals surface area contributed by atoms with Crippen molar-refractivity contribution in [3.05, 3.63) is 48.0 Å². The number of nitrogens with zero attached hydrogens (tertiary/aromatic N) is 3. The Hall–Kier alpha value is -1.85. The molecule has 0 spiro atoms. The molecule has 1 atom stereocenters. The van der Waals surface area contributed by atoms with Crippen LogP contribution in [0.3, 0.4) is 0 Å². The van der Waals surface area contributed by atoms with E-state index in [0.717, 1.165) is 30.9 Å². The standard InChI is InChI=1S/C19H27N3O2/c1-23-14-18-10-16(5-6-19(18)24-2)11-21-8-3-4-17(12-21)13-22-9-7-20-15-22/h5-7,9-10,15,17H,3-4,8,11-14H2,1-2H3/t17-/m0/s1. The van der Waals surface area contributed by atoms with E-state index in [-0.39, 0.29) is 0 Å². The van der Waals surface area contributed by atoms with Gasteiger partial charge in [0.05, 0.1) is 20.0 Å². The molecule has 5 heteroatoms. The largest absolute Gasteiger partial charge is 0.496 e. The van der Waals surface area contributed by atoms with Crippen LogP contribution in [-0.4, -0.2) is 41.8 Å². The predicted octanol–water partition coefficient (Wildman–Crippen LogP) is 2.95. The van der Waals surface area contributed by atoms with Crippen LogP contribution in [0.25, 0.3) is 0 Å². The van der Waals surface area contributed by atoms with Crippen LogP contribution >= 0.6 is 0 Å². The van der Waals surface area contributed by atoms with Crippen LogP contribution in [0.15, 0.2) is 36.9 Å². The molecule has 1 aromatic carbocycles. The van der Waals surface area contributed by atoms with E-state index in [4.69, 9.17) is 9.47 Å². The molecule has 0 unspecified atom stereocenters. The smallest absolute Gasteiger partial charge is 0.124 e. The topological polar surface area (TPSA) is 39.5 Å². The molecule has 2 heterocycles. The minimum absolute atomic E-state index is 0.584. The van der Waals surface area contributed by atoms with Crippen LogP contribution in [0, 0.1) is 5.92 Å². The van der Waals surface area contributed by atoms with Gasteiger partial charge >= 0.3 is 0 Å². The van der Waals surface area contributed by atoms with Gasteiger partial charge in [-0.2, -0.15) is 0 Å². The number of aromatic nitrogens is 2. The summed E-state index contributed by atoms with van der Waals surface area (Å²) in [7, 11) is 3.43. The van der Waals surface area contributed by atoms with Crippen molar-refractivity contribution in [3.63, 3.8) is 0 Å². The number of benzene rings is 1. The number of imidazole rings is 1. The Balaban J connectivity index is 1.61. The van der Waals surface area contributed by atoms with Crippen molar-refractivity contribution in [1.82, 2.24) is 14.5 Å². The summed E-state index contributed by atoms with van der Waals surface area (Å²) in [5.41, 5.74) is 2.44. The van der Waals surface area contributed by atoms with Crippen molar-refractivity contribution >= 4 is 0 Å². The molecule has 0 saturated carbocycles. The normalized spacial score (nSPS) is 18.7. The lowest BCUT2D eigenvalue weighted by atomic mass is 9.97. The Morgan fingerprint density at radius 3 is 2.96 bits per heavy atom. The van der Waals surface area contributed by atoms with Crippen molar-refractivity contribution in [1.29, 1.82) is 0 Å². The zero-order valence-electron chi connectivity index (χ0n) is 14.6. The van der Waals surface area contributed by atoms with Crippen molar-refractivity contribution < 1.29 is 9.47 Å². The fraction of sp³-hybridized carbons (Fsp3) is 0.526. The van der Waals surface area contributed by atoms with Crippen LogP contribution in [0.1, 0.15) is 24.0 Å². The van der Waals surface area contributed by atoms with E-state index < -0.39 is 0 Å². The van der Waals surface area contributed by atoms with Crippen LogP contribution in [0.2, 0.25) is 0 Å². The number of hydrogen-bond donors (Lipinski definition) is 0. The molecule has 1 aliphatic heterocycles. The summed E-state index contributed by atoms with van der Waals surface area (Å²) in [5, 5.41) is 0. The van der Waals surface area contributed by atoms with E-state index in [0.29, 0.717) is 12.5 Å². The highest BCUT2D eigenvalue weighted by Gasteiger charge is 2.20. The van der Waals surface area contributed by atoms with Gasteiger partial charge in [0, 0.05) is 44.7 Å². The molecule has 1 fully saturated rings. The average Bonchev–Trinajstić information content (AvgIpc) is 3.09. The van der Waals surface area contributed by atoms with Gasteiger partial charge in [-0.3, -0.25) is 4.90 Å². The lowest BCUT2D eigenvalue weighted by molar-refractivity contribution is 0.155.